The summed E-state index contributed by atoms with van der Waals surface area (Å²) in [4.78, 5) is 98.3. The Morgan fingerprint density at radius 3 is 2.33 bits per heavy atom. The summed E-state index contributed by atoms with van der Waals surface area (Å²) in [6, 6.07) is 0. The number of hydrogen-bond donors (Lipinski definition) is 11. The Balaban J connectivity index is 1.47. The first-order valence-electron chi connectivity index (χ1n) is 16.7. The maximum Gasteiger partial charge on any atom is 0.481 e. The van der Waals surface area contributed by atoms with Crippen molar-refractivity contribution in [3.8, 4) is 0 Å². The van der Waals surface area contributed by atoms with Crippen LogP contribution in [0, 0.1) is 11.3 Å². The standard InChI is InChI=1S/C27H44N7O20P3S/c1-13(14(35)8-17(37)38)26(42)58-7-6-29-16(36)4-5-30-24(41)21(40)27(2,3)10-51-57(48,49)54-56(46,47)50-9-15-20(53-55(43,44)45)19(39)25(52-15)34-12-33-18-22(28)31-11-32-23(18)34/h11-15,19-21,25,35,39-40H,4-10H2,1-3H3,(H,29,36)(H,30,41)(H,37,38)(H,46,47)(H,48,49)(H2,28,31,32)(H2,43,44,45)/t13?,14?,15-,19-,20-,21+,25-/m1/s1. The number of carboxylic acid groups (broad SMARTS) is 1. The van der Waals surface area contributed by atoms with Gasteiger partial charge in [0, 0.05) is 30.7 Å². The largest absolute Gasteiger partial charge is 0.481 e. The van der Waals surface area contributed by atoms with E-state index in [1.807, 2.05) is 0 Å². The minimum atomic E-state index is -5.60. The molecule has 2 amide bonds. The lowest BCUT2D eigenvalue weighted by Crippen LogP contribution is -2.46. The summed E-state index contributed by atoms with van der Waals surface area (Å²) in [5, 5.41) is 44.2. The van der Waals surface area contributed by atoms with Crippen molar-refractivity contribution < 1.29 is 95.5 Å². The topological polar surface area (TPSA) is 421 Å². The number of nitrogens with one attached hydrogen (secondary N) is 2. The van der Waals surface area contributed by atoms with Crippen LogP contribution in [0.5, 0.6) is 0 Å². The van der Waals surface area contributed by atoms with Gasteiger partial charge in [0.2, 0.25) is 11.8 Å². The number of phosphoric ester groups is 3. The van der Waals surface area contributed by atoms with Crippen LogP contribution in [0.15, 0.2) is 12.7 Å². The van der Waals surface area contributed by atoms with Crippen molar-refractivity contribution in [1.29, 1.82) is 0 Å². The number of aliphatic hydroxyl groups excluding tert-OH is 3. The van der Waals surface area contributed by atoms with Gasteiger partial charge in [-0.15, -0.1) is 0 Å². The van der Waals surface area contributed by atoms with Gasteiger partial charge in [-0.1, -0.05) is 32.5 Å². The van der Waals surface area contributed by atoms with Crippen molar-refractivity contribution in [2.45, 2.75) is 70.4 Å². The third kappa shape index (κ3) is 14.6. The number of ether oxygens (including phenoxy) is 1. The smallest absolute Gasteiger partial charge is 0.481 e. The number of hydrogen-bond acceptors (Lipinski definition) is 20. The highest BCUT2D eigenvalue weighted by molar-refractivity contribution is 8.13. The van der Waals surface area contributed by atoms with Gasteiger partial charge in [0.1, 0.15) is 36.3 Å². The van der Waals surface area contributed by atoms with Gasteiger partial charge in [-0.3, -0.25) is 37.3 Å². The van der Waals surface area contributed by atoms with E-state index in [1.165, 1.54) is 20.8 Å². The van der Waals surface area contributed by atoms with Crippen LogP contribution in [0.2, 0.25) is 0 Å². The molecular formula is C27H44N7O20P3S. The Bertz CT molecular complexity index is 1930. The molecule has 0 saturated carbocycles. The van der Waals surface area contributed by atoms with E-state index in [0.29, 0.717) is 0 Å². The summed E-state index contributed by atoms with van der Waals surface area (Å²) in [6.45, 7) is 1.46. The molecule has 328 valence electrons. The van der Waals surface area contributed by atoms with E-state index in [2.05, 4.69) is 34.4 Å². The first kappa shape index (κ1) is 49.4. The normalized spacial score (nSPS) is 22.4. The molecule has 0 spiro atoms. The van der Waals surface area contributed by atoms with Crippen molar-refractivity contribution in [2.75, 3.05) is 37.8 Å². The number of fused-ring (bicyclic) bond motifs is 1. The number of thioether (sulfide) groups is 1. The SMILES string of the molecule is CC(C(=O)SCCNC(=O)CCNC(=O)[C@H](O)C(C)(C)COP(=O)(O)OP(=O)(O)OC[C@H]1O[C@@H](n2cnc3c(N)ncnc32)[C@H](O)[C@@H]1OP(=O)(O)O)C(O)CC(=O)O. The zero-order valence-electron chi connectivity index (χ0n) is 30.7. The number of aliphatic hydroxyl groups is 3. The highest BCUT2D eigenvalue weighted by Gasteiger charge is 2.50. The van der Waals surface area contributed by atoms with Crippen molar-refractivity contribution in [3.05, 3.63) is 12.7 Å². The second-order valence-electron chi connectivity index (χ2n) is 13.2. The molecule has 1 fully saturated rings. The van der Waals surface area contributed by atoms with Crippen molar-refractivity contribution in [2.24, 2.45) is 11.3 Å². The summed E-state index contributed by atoms with van der Waals surface area (Å²) in [5.74, 6) is -3.75. The Labute approximate surface area is 332 Å². The summed E-state index contributed by atoms with van der Waals surface area (Å²) in [7, 11) is -16.5. The molecule has 2 aromatic rings. The summed E-state index contributed by atoms with van der Waals surface area (Å²) >= 11 is 0.781. The molecule has 1 aliphatic heterocycles. The number of aromatic nitrogens is 4. The second-order valence-corrected chi connectivity index (χ2v) is 18.5. The molecule has 58 heavy (non-hydrogen) atoms. The second kappa shape index (κ2) is 20.5. The van der Waals surface area contributed by atoms with Crippen LogP contribution in [0.4, 0.5) is 5.82 Å². The Hall–Kier alpha value is -3.01. The van der Waals surface area contributed by atoms with Gasteiger partial charge in [0.05, 0.1) is 38.0 Å². The van der Waals surface area contributed by atoms with E-state index in [0.717, 1.165) is 29.0 Å². The molecule has 4 unspecified atom stereocenters. The Kier molecular flexibility index (Phi) is 17.4. The van der Waals surface area contributed by atoms with Gasteiger partial charge in [-0.05, 0) is 0 Å². The first-order chi connectivity index (χ1) is 26.7. The molecule has 2 aromatic heterocycles. The molecule has 12 N–H and O–H groups in total. The van der Waals surface area contributed by atoms with Gasteiger partial charge in [0.25, 0.3) is 0 Å². The van der Waals surface area contributed by atoms with Crippen molar-refractivity contribution in [1.82, 2.24) is 30.2 Å². The highest BCUT2D eigenvalue weighted by Crippen LogP contribution is 2.61. The number of imidazole rings is 1. The monoisotopic (exact) mass is 911 g/mol. The molecule has 0 aromatic carbocycles. The number of carbonyl (C=O) groups is 4. The lowest BCUT2D eigenvalue weighted by Gasteiger charge is -2.30. The van der Waals surface area contributed by atoms with Crippen LogP contribution in [0.1, 0.15) is 39.8 Å². The molecule has 27 nitrogen and oxygen atoms in total. The maximum absolute atomic E-state index is 12.7. The molecule has 1 saturated heterocycles. The average molecular weight is 912 g/mol. The lowest BCUT2D eigenvalue weighted by molar-refractivity contribution is -0.140. The van der Waals surface area contributed by atoms with E-state index in [4.69, 9.17) is 24.6 Å². The molecule has 9 atom stereocenters. The van der Waals surface area contributed by atoms with Gasteiger partial charge in [-0.2, -0.15) is 4.31 Å². The number of nitrogens with zero attached hydrogens (tertiary/aromatic N) is 4. The van der Waals surface area contributed by atoms with Gasteiger partial charge in [-0.25, -0.2) is 28.6 Å². The molecule has 3 heterocycles. The number of carboxylic acids is 1. The number of aliphatic carboxylic acids is 1. The minimum Gasteiger partial charge on any atom is -0.481 e. The number of amides is 2. The molecule has 3 rings (SSSR count). The van der Waals surface area contributed by atoms with Crippen LogP contribution >= 0.6 is 35.2 Å². The van der Waals surface area contributed by atoms with Crippen molar-refractivity contribution >= 4 is 75.1 Å². The molecular weight excluding hydrogens is 867 g/mol. The minimum absolute atomic E-state index is 0.0148. The van der Waals surface area contributed by atoms with Gasteiger partial charge in [0.15, 0.2) is 22.8 Å². The van der Waals surface area contributed by atoms with Crippen LogP contribution in [-0.4, -0.2) is 145 Å². The Morgan fingerprint density at radius 1 is 1.03 bits per heavy atom. The third-order valence-electron chi connectivity index (χ3n) is 8.08. The highest BCUT2D eigenvalue weighted by atomic mass is 32.2. The Morgan fingerprint density at radius 2 is 1.69 bits per heavy atom. The molecule has 0 bridgehead atoms. The average Bonchev–Trinajstić information content (AvgIpc) is 3.67. The lowest BCUT2D eigenvalue weighted by atomic mass is 9.87. The zero-order valence-corrected chi connectivity index (χ0v) is 34.2. The van der Waals surface area contributed by atoms with Gasteiger partial charge < -0.3 is 61.1 Å². The fourth-order valence-corrected chi connectivity index (χ4v) is 8.58. The van der Waals surface area contributed by atoms with Crippen LogP contribution < -0.4 is 16.4 Å². The zero-order chi connectivity index (χ0) is 43.8. The quantitative estimate of drug-likeness (QED) is 0.0430. The fourth-order valence-electron chi connectivity index (χ4n) is 4.93. The third-order valence-corrected chi connectivity index (χ3v) is 12.2. The number of anilines is 1. The van der Waals surface area contributed by atoms with Gasteiger partial charge >= 0.3 is 29.4 Å². The van der Waals surface area contributed by atoms with E-state index >= 15 is 0 Å². The van der Waals surface area contributed by atoms with E-state index in [-0.39, 0.29) is 42.2 Å². The van der Waals surface area contributed by atoms with Crippen molar-refractivity contribution in [3.63, 3.8) is 0 Å². The first-order valence-corrected chi connectivity index (χ1v) is 22.2. The fraction of sp³-hybridized carbons (Fsp3) is 0.667. The summed E-state index contributed by atoms with van der Waals surface area (Å²) in [5.41, 5.74) is 4.17. The predicted molar refractivity (Wildman–Crippen MR) is 195 cm³/mol. The number of phosphoric acid groups is 3. The van der Waals surface area contributed by atoms with E-state index < -0.39 is 114 Å². The molecule has 31 heteroatoms. The maximum atomic E-state index is 12.7. The van der Waals surface area contributed by atoms with Crippen LogP contribution in [-0.2, 0) is 55.5 Å². The number of nitrogen functional groups attached to an aromatic ring is 1. The number of nitrogens with two attached hydrogens (primary N) is 1. The predicted octanol–water partition coefficient (Wildman–Crippen LogP) is -1.86. The molecule has 0 radical (unpaired) electrons. The number of rotatable bonds is 23. The summed E-state index contributed by atoms with van der Waals surface area (Å²) < 4.78 is 62.0. The van der Waals surface area contributed by atoms with E-state index in [9.17, 15) is 67.8 Å². The molecule has 0 aliphatic carbocycles. The molecule has 1 aliphatic rings. The number of carbonyl (C=O) groups excluding carboxylic acids is 3. The van der Waals surface area contributed by atoms with Crippen LogP contribution in [0.3, 0.4) is 0 Å². The summed E-state index contributed by atoms with van der Waals surface area (Å²) in [6.07, 6.45) is -9.15. The van der Waals surface area contributed by atoms with E-state index in [1.54, 1.807) is 0 Å². The van der Waals surface area contributed by atoms with Crippen LogP contribution in [0.25, 0.3) is 11.2 Å².